The molecule has 0 saturated carbocycles. The molecule has 2 unspecified atom stereocenters. The maximum absolute atomic E-state index is 13.2. The summed E-state index contributed by atoms with van der Waals surface area (Å²) < 4.78 is 123. The third kappa shape index (κ3) is 5.81. The number of rotatable bonds is 5. The van der Waals surface area contributed by atoms with Crippen molar-refractivity contribution in [3.8, 4) is 11.5 Å². The molecule has 0 aromatic carbocycles. The van der Waals surface area contributed by atoms with Crippen molar-refractivity contribution in [3.05, 3.63) is 23.3 Å². The van der Waals surface area contributed by atoms with E-state index in [2.05, 4.69) is 19.9 Å². The van der Waals surface area contributed by atoms with E-state index < -0.39 is 71.9 Å². The van der Waals surface area contributed by atoms with Crippen molar-refractivity contribution in [1.29, 1.82) is 0 Å². The summed E-state index contributed by atoms with van der Waals surface area (Å²) in [7, 11) is 0. The van der Waals surface area contributed by atoms with Gasteiger partial charge < -0.3 is 10.6 Å². The number of hydrogen-bond acceptors (Lipinski definition) is 6. The van der Waals surface area contributed by atoms with Gasteiger partial charge in [-0.2, -0.15) is 41.3 Å². The van der Waals surface area contributed by atoms with Crippen molar-refractivity contribution >= 4 is 23.5 Å². The molecule has 2 aromatic rings. The predicted molar refractivity (Wildman–Crippen MR) is 86.3 cm³/mol. The normalized spacial score (nSPS) is 19.4. The minimum Gasteiger partial charge on any atom is -0.343 e. The number of alkyl halides is 6. The number of aromatic nitrogens is 4. The van der Waals surface area contributed by atoms with Gasteiger partial charge in [0.05, 0.1) is 4.11 Å². The Morgan fingerprint density at radius 1 is 1.07 bits per heavy atom. The first-order valence-electron chi connectivity index (χ1n) is 9.81. The summed E-state index contributed by atoms with van der Waals surface area (Å²) in [6.07, 6.45) is -10.5. The molecule has 6 nitrogen and oxygen atoms in total. The second-order valence-corrected chi connectivity index (χ2v) is 5.23. The first kappa shape index (κ1) is 13.7. The van der Waals surface area contributed by atoms with Crippen LogP contribution in [-0.4, -0.2) is 44.3 Å². The van der Waals surface area contributed by atoms with Gasteiger partial charge in [0.15, 0.2) is 5.82 Å². The lowest BCUT2D eigenvalue weighted by molar-refractivity contribution is -0.139. The zero-order chi connectivity index (χ0) is 25.6. The van der Waals surface area contributed by atoms with Crippen molar-refractivity contribution in [3.63, 3.8) is 0 Å². The molecule has 13 heteroatoms. The van der Waals surface area contributed by atoms with E-state index in [1.165, 1.54) is 5.32 Å². The molecule has 0 bridgehead atoms. The molecule has 2 rings (SSSR count). The maximum Gasteiger partial charge on any atom is 0.408 e. The van der Waals surface area contributed by atoms with E-state index in [0.717, 1.165) is 6.07 Å². The molecule has 0 aliphatic rings. The van der Waals surface area contributed by atoms with E-state index in [4.69, 9.17) is 19.8 Å². The molecule has 0 spiro atoms. The average molecular weight is 421 g/mol. The zero-order valence-corrected chi connectivity index (χ0v) is 13.8. The van der Waals surface area contributed by atoms with Crippen LogP contribution in [0.1, 0.15) is 22.0 Å². The number of pyridine rings is 1. The van der Waals surface area contributed by atoms with Crippen LogP contribution in [0.25, 0.3) is 11.5 Å². The predicted octanol–water partition coefficient (Wildman–Crippen LogP) is 4.31. The lowest BCUT2D eigenvalue weighted by Crippen LogP contribution is -2.35. The van der Waals surface area contributed by atoms with E-state index in [0.29, 0.717) is 6.92 Å². The van der Waals surface area contributed by atoms with E-state index in [-0.39, 0.29) is 0 Å². The molecular formula is C14H13ClF6N6. The lowest BCUT2D eigenvalue weighted by atomic mass is 10.3. The Balaban J connectivity index is 2.66. The van der Waals surface area contributed by atoms with Gasteiger partial charge in [-0.1, -0.05) is 17.6 Å². The van der Waals surface area contributed by atoms with Crippen LogP contribution in [0.2, 0.25) is 5.15 Å². The summed E-state index contributed by atoms with van der Waals surface area (Å²) in [6, 6.07) is -6.82. The van der Waals surface area contributed by atoms with Gasteiger partial charge in [-0.25, -0.2) is 4.98 Å². The third-order valence-corrected chi connectivity index (χ3v) is 2.97. The van der Waals surface area contributed by atoms with Gasteiger partial charge in [-0.3, -0.25) is 0 Å². The SMILES string of the molecule is [2H]c1cc(-c2nc(NC(C([2H])([2H])[2H])C(F)(F)F)nc(NC([2H])(C)C(F)(F)F)n2)nc(Cl)c1[2H]. The van der Waals surface area contributed by atoms with Crippen LogP contribution in [0.15, 0.2) is 18.2 Å². The lowest BCUT2D eigenvalue weighted by Gasteiger charge is -2.20. The van der Waals surface area contributed by atoms with Gasteiger partial charge in [0.1, 0.15) is 22.9 Å². The number of nitrogens with zero attached hydrogens (tertiary/aromatic N) is 4. The fraction of sp³-hybridized carbons (Fsp3) is 0.429. The van der Waals surface area contributed by atoms with Gasteiger partial charge in [0, 0.05) is 4.11 Å². The highest BCUT2D eigenvalue weighted by Gasteiger charge is 2.38. The van der Waals surface area contributed by atoms with Crippen molar-refractivity contribution in [1.82, 2.24) is 19.9 Å². The van der Waals surface area contributed by atoms with E-state index in [1.807, 2.05) is 0 Å². The number of anilines is 2. The number of halogens is 7. The summed E-state index contributed by atoms with van der Waals surface area (Å²) in [5.74, 6) is -2.88. The van der Waals surface area contributed by atoms with Gasteiger partial charge in [-0.05, 0) is 25.9 Å². The summed E-state index contributed by atoms with van der Waals surface area (Å²) in [4.78, 5) is 14.1. The Morgan fingerprint density at radius 3 is 2.22 bits per heavy atom. The quantitative estimate of drug-likeness (QED) is 0.554. The van der Waals surface area contributed by atoms with E-state index in [1.54, 1.807) is 5.32 Å². The zero-order valence-electron chi connectivity index (χ0n) is 19.1. The first-order chi connectivity index (χ1) is 14.7. The Morgan fingerprint density at radius 2 is 1.70 bits per heavy atom. The van der Waals surface area contributed by atoms with E-state index >= 15 is 0 Å². The second-order valence-electron chi connectivity index (χ2n) is 4.87. The molecule has 2 heterocycles. The summed E-state index contributed by atoms with van der Waals surface area (Å²) in [6.45, 7) is -3.28. The monoisotopic (exact) mass is 420 g/mol. The van der Waals surface area contributed by atoms with Crippen molar-refractivity contribution in [2.45, 2.75) is 38.2 Å². The highest BCUT2D eigenvalue weighted by Crippen LogP contribution is 2.26. The largest absolute Gasteiger partial charge is 0.408 e. The van der Waals surface area contributed by atoms with Gasteiger partial charge in [0.2, 0.25) is 11.9 Å². The van der Waals surface area contributed by atoms with Crippen LogP contribution >= 0.6 is 11.6 Å². The number of nitrogens with one attached hydrogen (secondary N) is 2. The molecule has 2 aromatic heterocycles. The van der Waals surface area contributed by atoms with Crippen molar-refractivity contribution in [2.24, 2.45) is 0 Å². The maximum atomic E-state index is 13.2. The second kappa shape index (κ2) is 7.71. The first-order valence-corrected chi connectivity index (χ1v) is 7.18. The molecule has 0 amide bonds. The Kier molecular flexibility index (Phi) is 3.92. The molecule has 0 aliphatic heterocycles. The van der Waals surface area contributed by atoms with Crippen LogP contribution in [0.5, 0.6) is 0 Å². The summed E-state index contributed by atoms with van der Waals surface area (Å²) >= 11 is 5.70. The Hall–Kier alpha value is -2.37. The average Bonchev–Trinajstić information content (AvgIpc) is 2.60. The fourth-order valence-corrected chi connectivity index (χ4v) is 1.65. The fourth-order valence-electron chi connectivity index (χ4n) is 1.50. The van der Waals surface area contributed by atoms with Crippen LogP contribution < -0.4 is 10.6 Å². The molecule has 0 aliphatic carbocycles. The molecule has 148 valence electrons. The van der Waals surface area contributed by atoms with Crippen molar-refractivity contribution in [2.75, 3.05) is 10.6 Å². The van der Waals surface area contributed by atoms with Gasteiger partial charge >= 0.3 is 12.4 Å². The minimum atomic E-state index is -5.34. The number of hydrogen-bond donors (Lipinski definition) is 2. The smallest absolute Gasteiger partial charge is 0.343 e. The molecule has 2 atom stereocenters. The topological polar surface area (TPSA) is 75.6 Å². The molecule has 2 N–H and O–H groups in total. The third-order valence-electron chi connectivity index (χ3n) is 2.79. The molecular weight excluding hydrogens is 402 g/mol. The Labute approximate surface area is 162 Å². The molecule has 27 heavy (non-hydrogen) atoms. The van der Waals surface area contributed by atoms with Crippen LogP contribution in [-0.2, 0) is 0 Å². The summed E-state index contributed by atoms with van der Waals surface area (Å²) in [5.41, 5.74) is -0.439. The van der Waals surface area contributed by atoms with Crippen LogP contribution in [0, 0.1) is 0 Å². The summed E-state index contributed by atoms with van der Waals surface area (Å²) in [5, 5.41) is 2.53. The van der Waals surface area contributed by atoms with Crippen LogP contribution in [0.3, 0.4) is 0 Å². The van der Waals surface area contributed by atoms with Crippen LogP contribution in [0.4, 0.5) is 38.2 Å². The van der Waals surface area contributed by atoms with Gasteiger partial charge in [-0.15, -0.1) is 0 Å². The highest BCUT2D eigenvalue weighted by atomic mass is 35.5. The molecule has 0 fully saturated rings. The Bertz CT molecular complexity index is 994. The van der Waals surface area contributed by atoms with Gasteiger partial charge in [0.25, 0.3) is 0 Å². The molecule has 0 radical (unpaired) electrons. The van der Waals surface area contributed by atoms with E-state index in [9.17, 15) is 26.3 Å². The minimum absolute atomic E-state index is 0.371. The standard InChI is InChI=1S/C14H13ClF6N6/c1-6(13(16,17)18)22-11-25-10(8-4-3-5-9(15)24-8)26-12(27-11)23-7(2)14(19,20)21/h3-7H,1-2H3,(H2,22,23,25,26,27)/i1D3,3D,5D,7D. The highest BCUT2D eigenvalue weighted by molar-refractivity contribution is 6.29. The molecule has 0 saturated heterocycles. The van der Waals surface area contributed by atoms with Crippen molar-refractivity contribution < 1.29 is 34.6 Å².